The lowest BCUT2D eigenvalue weighted by Crippen LogP contribution is -2.22. The van der Waals surface area contributed by atoms with Crippen LogP contribution in [0, 0.1) is 0 Å². The van der Waals surface area contributed by atoms with E-state index >= 15 is 0 Å². The minimum atomic E-state index is -0.398. The third-order valence-corrected chi connectivity index (χ3v) is 4.76. The maximum absolute atomic E-state index is 12.2. The van der Waals surface area contributed by atoms with Gasteiger partial charge in [0.15, 0.2) is 0 Å². The van der Waals surface area contributed by atoms with Crippen LogP contribution in [0.15, 0.2) is 41.6 Å². The number of halogens is 3. The first-order chi connectivity index (χ1) is 9.99. The molecule has 0 aliphatic carbocycles. The van der Waals surface area contributed by atoms with Gasteiger partial charge in [-0.25, -0.2) is 4.98 Å². The number of hydrogen-bond donors (Lipinski definition) is 1. The molecule has 3 nitrogen and oxygen atoms in total. The van der Waals surface area contributed by atoms with Gasteiger partial charge in [0.25, 0.3) is 0 Å². The normalized spacial score (nSPS) is 12.0. The molecule has 0 fully saturated rings. The smallest absolute Gasteiger partial charge is 0.237 e. The van der Waals surface area contributed by atoms with Crippen molar-refractivity contribution in [1.29, 1.82) is 0 Å². The fourth-order valence-electron chi connectivity index (χ4n) is 1.52. The van der Waals surface area contributed by atoms with Gasteiger partial charge in [0.1, 0.15) is 5.03 Å². The van der Waals surface area contributed by atoms with Crippen molar-refractivity contribution in [2.45, 2.75) is 17.2 Å². The Labute approximate surface area is 142 Å². The maximum atomic E-state index is 12.2. The van der Waals surface area contributed by atoms with Gasteiger partial charge in [-0.1, -0.05) is 52.6 Å². The molecule has 1 heterocycles. The number of anilines is 1. The van der Waals surface area contributed by atoms with Crippen LogP contribution in [-0.2, 0) is 4.79 Å². The van der Waals surface area contributed by atoms with Crippen LogP contribution >= 0.6 is 46.6 Å². The van der Waals surface area contributed by atoms with Crippen LogP contribution in [0.2, 0.25) is 15.1 Å². The highest BCUT2D eigenvalue weighted by Crippen LogP contribution is 2.32. The first-order valence-corrected chi connectivity index (χ1v) is 8.02. The third-order valence-electron chi connectivity index (χ3n) is 2.59. The second-order valence-corrected chi connectivity index (χ2v) is 6.69. The van der Waals surface area contributed by atoms with E-state index in [0.29, 0.717) is 25.8 Å². The third kappa shape index (κ3) is 4.27. The van der Waals surface area contributed by atoms with Gasteiger partial charge in [0.2, 0.25) is 5.91 Å². The number of pyridine rings is 1. The Morgan fingerprint density at radius 2 is 1.76 bits per heavy atom. The van der Waals surface area contributed by atoms with Crippen LogP contribution in [0.1, 0.15) is 6.92 Å². The molecule has 1 N–H and O–H groups in total. The number of hydrogen-bond acceptors (Lipinski definition) is 3. The number of thioether (sulfide) groups is 1. The highest BCUT2D eigenvalue weighted by Gasteiger charge is 2.18. The van der Waals surface area contributed by atoms with E-state index in [1.165, 1.54) is 11.8 Å². The number of aromatic nitrogens is 1. The number of benzene rings is 1. The standard InChI is InChI=1S/C14H11Cl3N2OS/c1-8(21-14-11(17)6-3-7-18-14)13(20)19-12-9(15)4-2-5-10(12)16/h2-8H,1H3,(H,19,20). The predicted octanol–water partition coefficient (Wildman–Crippen LogP) is 5.16. The number of nitrogens with one attached hydrogen (secondary N) is 1. The lowest BCUT2D eigenvalue weighted by Gasteiger charge is -2.14. The second kappa shape index (κ2) is 7.36. The van der Waals surface area contributed by atoms with Crippen LogP contribution in [0.3, 0.4) is 0 Å². The van der Waals surface area contributed by atoms with E-state index in [1.54, 1.807) is 43.5 Å². The quantitative estimate of drug-likeness (QED) is 0.765. The zero-order valence-electron chi connectivity index (χ0n) is 10.9. The number of para-hydroxylation sites is 1. The summed E-state index contributed by atoms with van der Waals surface area (Å²) < 4.78 is 0. The Hall–Kier alpha value is -0.940. The molecule has 1 unspecified atom stereocenters. The molecule has 2 rings (SSSR count). The first kappa shape index (κ1) is 16.4. The molecule has 1 atom stereocenters. The van der Waals surface area contributed by atoms with Gasteiger partial charge in [-0.15, -0.1) is 0 Å². The zero-order chi connectivity index (χ0) is 15.4. The Morgan fingerprint density at radius 3 is 2.38 bits per heavy atom. The first-order valence-electron chi connectivity index (χ1n) is 6.01. The molecule has 110 valence electrons. The zero-order valence-corrected chi connectivity index (χ0v) is 14.0. The average Bonchev–Trinajstić information content (AvgIpc) is 2.45. The summed E-state index contributed by atoms with van der Waals surface area (Å²) in [5.74, 6) is -0.225. The summed E-state index contributed by atoms with van der Waals surface area (Å²) in [4.78, 5) is 16.4. The van der Waals surface area contributed by atoms with Gasteiger partial charge >= 0.3 is 0 Å². The molecule has 1 aromatic carbocycles. The summed E-state index contributed by atoms with van der Waals surface area (Å²) in [5.41, 5.74) is 0.408. The van der Waals surface area contributed by atoms with Crippen molar-refractivity contribution in [3.63, 3.8) is 0 Å². The Morgan fingerprint density at radius 1 is 1.14 bits per heavy atom. The molecule has 1 amide bonds. The van der Waals surface area contributed by atoms with Crippen LogP contribution in [-0.4, -0.2) is 16.1 Å². The number of rotatable bonds is 4. The Balaban J connectivity index is 2.08. The summed E-state index contributed by atoms with van der Waals surface area (Å²) >= 11 is 19.3. The van der Waals surface area contributed by atoms with Crippen molar-refractivity contribution >= 4 is 58.2 Å². The van der Waals surface area contributed by atoms with Gasteiger partial charge < -0.3 is 5.32 Å². The summed E-state index contributed by atoms with van der Waals surface area (Å²) in [6, 6.07) is 8.51. The summed E-state index contributed by atoms with van der Waals surface area (Å²) in [6.45, 7) is 1.76. The Kier molecular flexibility index (Phi) is 5.76. The predicted molar refractivity (Wildman–Crippen MR) is 89.7 cm³/mol. The monoisotopic (exact) mass is 360 g/mol. The summed E-state index contributed by atoms with van der Waals surface area (Å²) in [5, 5.41) is 4.23. The van der Waals surface area contributed by atoms with Crippen molar-refractivity contribution in [3.05, 3.63) is 51.6 Å². The highest BCUT2D eigenvalue weighted by atomic mass is 35.5. The average molecular weight is 362 g/mol. The van der Waals surface area contributed by atoms with E-state index < -0.39 is 5.25 Å². The SMILES string of the molecule is CC(Sc1ncccc1Cl)C(=O)Nc1c(Cl)cccc1Cl. The summed E-state index contributed by atoms with van der Waals surface area (Å²) in [6.07, 6.45) is 1.63. The molecule has 0 radical (unpaired) electrons. The molecule has 0 spiro atoms. The molecule has 0 saturated heterocycles. The molecule has 0 aliphatic rings. The van der Waals surface area contributed by atoms with Gasteiger partial charge in [-0.2, -0.15) is 0 Å². The molecule has 0 saturated carbocycles. The second-order valence-electron chi connectivity index (χ2n) is 4.14. The molecule has 7 heteroatoms. The molecule has 2 aromatic rings. The number of amides is 1. The lowest BCUT2D eigenvalue weighted by molar-refractivity contribution is -0.115. The van der Waals surface area contributed by atoms with Gasteiger partial charge in [0, 0.05) is 6.20 Å². The lowest BCUT2D eigenvalue weighted by atomic mass is 10.3. The largest absolute Gasteiger partial charge is 0.323 e. The van der Waals surface area contributed by atoms with Crippen LogP contribution < -0.4 is 5.32 Å². The summed E-state index contributed by atoms with van der Waals surface area (Å²) in [7, 11) is 0. The van der Waals surface area contributed by atoms with Gasteiger partial charge in [0.05, 0.1) is 26.0 Å². The van der Waals surface area contributed by atoms with Crippen LogP contribution in [0.4, 0.5) is 5.69 Å². The van der Waals surface area contributed by atoms with E-state index in [1.807, 2.05) is 0 Å². The minimum absolute atomic E-state index is 0.225. The molecule has 21 heavy (non-hydrogen) atoms. The van der Waals surface area contributed by atoms with E-state index in [0.717, 1.165) is 0 Å². The molecule has 1 aromatic heterocycles. The van der Waals surface area contributed by atoms with Gasteiger partial charge in [-0.3, -0.25) is 4.79 Å². The number of nitrogens with zero attached hydrogens (tertiary/aromatic N) is 1. The van der Waals surface area contributed by atoms with Crippen molar-refractivity contribution in [2.75, 3.05) is 5.32 Å². The number of carbonyl (C=O) groups excluding carboxylic acids is 1. The van der Waals surface area contributed by atoms with Crippen molar-refractivity contribution < 1.29 is 4.79 Å². The highest BCUT2D eigenvalue weighted by molar-refractivity contribution is 8.00. The molecule has 0 aliphatic heterocycles. The van der Waals surface area contributed by atoms with E-state index in [9.17, 15) is 4.79 Å². The van der Waals surface area contributed by atoms with Crippen LogP contribution in [0.25, 0.3) is 0 Å². The fraction of sp³-hybridized carbons (Fsp3) is 0.143. The number of carbonyl (C=O) groups is 1. The van der Waals surface area contributed by atoms with E-state index in [2.05, 4.69) is 10.3 Å². The topological polar surface area (TPSA) is 42.0 Å². The van der Waals surface area contributed by atoms with Gasteiger partial charge in [-0.05, 0) is 31.2 Å². The van der Waals surface area contributed by atoms with Crippen molar-refractivity contribution in [1.82, 2.24) is 4.98 Å². The van der Waals surface area contributed by atoms with Crippen LogP contribution in [0.5, 0.6) is 0 Å². The van der Waals surface area contributed by atoms with E-state index in [-0.39, 0.29) is 5.91 Å². The molecular weight excluding hydrogens is 351 g/mol. The fourth-order valence-corrected chi connectivity index (χ4v) is 3.07. The van der Waals surface area contributed by atoms with Crippen molar-refractivity contribution in [3.8, 4) is 0 Å². The van der Waals surface area contributed by atoms with Crippen molar-refractivity contribution in [2.24, 2.45) is 0 Å². The molecule has 0 bridgehead atoms. The Bertz CT molecular complexity index is 646. The minimum Gasteiger partial charge on any atom is -0.323 e. The van der Waals surface area contributed by atoms with E-state index in [4.69, 9.17) is 34.8 Å². The molecular formula is C14H11Cl3N2OS. The maximum Gasteiger partial charge on any atom is 0.237 e.